The van der Waals surface area contributed by atoms with E-state index in [0.29, 0.717) is 0 Å². The molecule has 0 saturated carbocycles. The van der Waals surface area contributed by atoms with Crippen LogP contribution in [-0.2, 0) is 4.74 Å². The largest absolute Gasteiger partial charge is 0.468 e. The van der Waals surface area contributed by atoms with E-state index in [-0.39, 0.29) is 12.1 Å². The van der Waals surface area contributed by atoms with Gasteiger partial charge in [0.05, 0.1) is 7.11 Å². The van der Waals surface area contributed by atoms with Crippen LogP contribution < -0.4 is 0 Å². The van der Waals surface area contributed by atoms with Crippen molar-refractivity contribution in [3.8, 4) is 0 Å². The van der Waals surface area contributed by atoms with Gasteiger partial charge in [-0.25, -0.2) is 8.51 Å². The van der Waals surface area contributed by atoms with Crippen LogP contribution in [0.15, 0.2) is 0 Å². The van der Waals surface area contributed by atoms with Crippen molar-refractivity contribution < 1.29 is 9.53 Å². The molecule has 0 aromatic rings. The molecule has 2 amide bonds. The molecule has 0 aliphatic heterocycles. The van der Waals surface area contributed by atoms with Crippen molar-refractivity contribution >= 4 is 47.9 Å². The number of ether oxygens (including phenoxy) is 1. The number of nitrogens with zero attached hydrogens (tertiary/aromatic N) is 2. The zero-order valence-corrected chi connectivity index (χ0v) is 10.9. The SMILES string of the molecule is COC(=N)N(SC)C(=O)N(SC)SC. The van der Waals surface area contributed by atoms with Gasteiger partial charge in [0.25, 0.3) is 0 Å². The number of carbonyl (C=O) groups excluding carboxylic acids is 1. The maximum atomic E-state index is 11.7. The number of nitrogens with one attached hydrogen (secondary N) is 1. The lowest BCUT2D eigenvalue weighted by molar-refractivity contribution is 0.227. The van der Waals surface area contributed by atoms with Crippen LogP contribution in [0.5, 0.6) is 0 Å². The third kappa shape index (κ3) is 3.50. The van der Waals surface area contributed by atoms with Crippen LogP contribution in [0, 0.1) is 5.41 Å². The molecule has 1 N–H and O–H groups in total. The fourth-order valence-corrected chi connectivity index (χ4v) is 2.29. The number of amides is 2. The van der Waals surface area contributed by atoms with Crippen LogP contribution >= 0.6 is 35.8 Å². The molecule has 0 rings (SSSR count). The minimum absolute atomic E-state index is 0.171. The zero-order chi connectivity index (χ0) is 11.1. The molecule has 8 heteroatoms. The first-order valence-electron chi connectivity index (χ1n) is 3.51. The van der Waals surface area contributed by atoms with Crippen molar-refractivity contribution in [1.82, 2.24) is 8.02 Å². The number of amidine groups is 1. The molecule has 14 heavy (non-hydrogen) atoms. The maximum Gasteiger partial charge on any atom is 0.358 e. The highest BCUT2D eigenvalue weighted by Gasteiger charge is 2.24. The van der Waals surface area contributed by atoms with E-state index in [0.717, 1.165) is 11.9 Å². The van der Waals surface area contributed by atoms with Crippen LogP contribution in [0.3, 0.4) is 0 Å². The molecular formula is C6H13N3O2S3. The highest BCUT2D eigenvalue weighted by molar-refractivity contribution is 8.12. The Morgan fingerprint density at radius 3 is 2.00 bits per heavy atom. The molecule has 0 spiro atoms. The van der Waals surface area contributed by atoms with E-state index in [2.05, 4.69) is 4.74 Å². The lowest BCUT2D eigenvalue weighted by atomic mass is 10.9. The van der Waals surface area contributed by atoms with E-state index in [1.54, 1.807) is 18.8 Å². The second kappa shape index (κ2) is 7.13. The lowest BCUT2D eigenvalue weighted by Gasteiger charge is -2.23. The van der Waals surface area contributed by atoms with Gasteiger partial charge >= 0.3 is 12.1 Å². The van der Waals surface area contributed by atoms with E-state index < -0.39 is 0 Å². The van der Waals surface area contributed by atoms with Crippen molar-refractivity contribution in [1.29, 1.82) is 5.41 Å². The molecule has 0 saturated heterocycles. The first-order valence-corrected chi connectivity index (χ1v) is 7.05. The first-order chi connectivity index (χ1) is 6.62. The third-order valence-corrected chi connectivity index (χ3v) is 3.78. The molecule has 0 bridgehead atoms. The Kier molecular flexibility index (Phi) is 7.02. The van der Waals surface area contributed by atoms with Gasteiger partial charge in [0.15, 0.2) is 0 Å². The molecule has 82 valence electrons. The number of methoxy groups -OCH3 is 1. The second-order valence-electron chi connectivity index (χ2n) is 1.89. The van der Waals surface area contributed by atoms with Gasteiger partial charge in [-0.05, 0) is 35.8 Å². The number of carbonyl (C=O) groups is 1. The Bertz CT molecular complexity index is 210. The molecule has 0 aromatic carbocycles. The maximum absolute atomic E-state index is 11.7. The van der Waals surface area contributed by atoms with E-state index in [4.69, 9.17) is 5.41 Å². The molecule has 0 aromatic heterocycles. The molecule has 0 unspecified atom stereocenters. The van der Waals surface area contributed by atoms with Crippen molar-refractivity contribution in [3.63, 3.8) is 0 Å². The van der Waals surface area contributed by atoms with Gasteiger partial charge in [0.2, 0.25) is 0 Å². The van der Waals surface area contributed by atoms with E-state index in [9.17, 15) is 4.79 Å². The van der Waals surface area contributed by atoms with E-state index in [1.807, 2.05) is 0 Å². The molecule has 0 heterocycles. The van der Waals surface area contributed by atoms with Crippen LogP contribution in [0.4, 0.5) is 4.79 Å². The minimum Gasteiger partial charge on any atom is -0.468 e. The summed E-state index contributed by atoms with van der Waals surface area (Å²) in [6.45, 7) is 0. The Balaban J connectivity index is 4.51. The highest BCUT2D eigenvalue weighted by Crippen LogP contribution is 2.22. The molecule has 5 nitrogen and oxygen atoms in total. The van der Waals surface area contributed by atoms with Gasteiger partial charge in [0.1, 0.15) is 0 Å². The number of hydrogen-bond acceptors (Lipinski definition) is 6. The Hall–Kier alpha value is -0.210. The Labute approximate surface area is 96.8 Å². The molecule has 0 fully saturated rings. The molecular weight excluding hydrogens is 242 g/mol. The van der Waals surface area contributed by atoms with Crippen molar-refractivity contribution in [2.75, 3.05) is 25.9 Å². The fourth-order valence-electron chi connectivity index (χ4n) is 0.636. The Morgan fingerprint density at radius 2 is 1.71 bits per heavy atom. The monoisotopic (exact) mass is 255 g/mol. The van der Waals surface area contributed by atoms with Crippen molar-refractivity contribution in [2.45, 2.75) is 0 Å². The fraction of sp³-hybridized carbons (Fsp3) is 0.667. The predicted molar refractivity (Wildman–Crippen MR) is 64.4 cm³/mol. The van der Waals surface area contributed by atoms with Crippen LogP contribution in [0.1, 0.15) is 0 Å². The standard InChI is InChI=1S/C6H13N3O2S3/c1-11-5(7)8(12-2)6(10)9(13-3)14-4/h7H,1-4H3. The van der Waals surface area contributed by atoms with Gasteiger partial charge < -0.3 is 4.74 Å². The third-order valence-electron chi connectivity index (χ3n) is 1.22. The summed E-state index contributed by atoms with van der Waals surface area (Å²) in [5, 5.41) is 7.39. The molecule has 0 aliphatic carbocycles. The van der Waals surface area contributed by atoms with Crippen LogP contribution in [0.25, 0.3) is 0 Å². The van der Waals surface area contributed by atoms with Crippen LogP contribution in [0.2, 0.25) is 0 Å². The smallest absolute Gasteiger partial charge is 0.358 e. The van der Waals surface area contributed by atoms with E-state index in [1.165, 1.54) is 39.0 Å². The van der Waals surface area contributed by atoms with Gasteiger partial charge in [-0.3, -0.25) is 5.41 Å². The summed E-state index contributed by atoms with van der Waals surface area (Å²) in [6.07, 6.45) is 5.30. The molecule has 0 aliphatic rings. The summed E-state index contributed by atoms with van der Waals surface area (Å²) in [4.78, 5) is 11.7. The van der Waals surface area contributed by atoms with Crippen molar-refractivity contribution in [2.24, 2.45) is 0 Å². The van der Waals surface area contributed by atoms with Gasteiger partial charge in [-0.15, -0.1) is 0 Å². The minimum atomic E-state index is -0.288. The van der Waals surface area contributed by atoms with Crippen LogP contribution in [-0.4, -0.2) is 45.9 Å². The summed E-state index contributed by atoms with van der Waals surface area (Å²) in [6, 6.07) is -0.458. The summed E-state index contributed by atoms with van der Waals surface area (Å²) in [7, 11) is 1.36. The molecule has 0 atom stereocenters. The van der Waals surface area contributed by atoms with E-state index >= 15 is 0 Å². The summed E-state index contributed by atoms with van der Waals surface area (Å²) >= 11 is 3.71. The number of hydrogen-bond donors (Lipinski definition) is 1. The number of rotatable bonds is 3. The van der Waals surface area contributed by atoms with Crippen molar-refractivity contribution in [3.05, 3.63) is 0 Å². The summed E-state index contributed by atoms with van der Waals surface area (Å²) in [5.41, 5.74) is 0. The predicted octanol–water partition coefficient (Wildman–Crippen LogP) is 2.13. The first kappa shape index (κ1) is 13.8. The van der Waals surface area contributed by atoms with Gasteiger partial charge in [-0.1, -0.05) is 0 Å². The lowest BCUT2D eigenvalue weighted by Crippen LogP contribution is -2.36. The van der Waals surface area contributed by atoms with Gasteiger partial charge in [0, 0.05) is 18.8 Å². The quantitative estimate of drug-likeness (QED) is 0.475. The zero-order valence-electron chi connectivity index (χ0n) is 8.44. The topological polar surface area (TPSA) is 56.6 Å². The molecule has 0 radical (unpaired) electrons. The summed E-state index contributed by atoms with van der Waals surface area (Å²) in [5.74, 6) is 0. The Morgan fingerprint density at radius 1 is 1.21 bits per heavy atom. The summed E-state index contributed by atoms with van der Waals surface area (Å²) < 4.78 is 7.32. The average Bonchev–Trinajstić information content (AvgIpc) is 2.20. The average molecular weight is 255 g/mol. The second-order valence-corrected chi connectivity index (χ2v) is 4.31. The van der Waals surface area contributed by atoms with Gasteiger partial charge in [-0.2, -0.15) is 4.31 Å². The highest BCUT2D eigenvalue weighted by atomic mass is 32.2. The normalized spacial score (nSPS) is 9.43. The number of urea groups is 1.